The van der Waals surface area contributed by atoms with Gasteiger partial charge >= 0.3 is 5.97 Å². The van der Waals surface area contributed by atoms with Crippen LogP contribution in [0.5, 0.6) is 5.75 Å². The zero-order valence-electron chi connectivity index (χ0n) is 12.5. The van der Waals surface area contributed by atoms with Crippen molar-refractivity contribution in [2.45, 2.75) is 19.8 Å². The number of hydrogen-bond acceptors (Lipinski definition) is 3. The predicted molar refractivity (Wildman–Crippen MR) is 86.0 cm³/mol. The molecule has 3 heteroatoms. The van der Waals surface area contributed by atoms with Crippen LogP contribution in [0.25, 0.3) is 0 Å². The first-order valence-electron chi connectivity index (χ1n) is 7.26. The number of esters is 1. The Kier molecular flexibility index (Phi) is 5.66. The minimum absolute atomic E-state index is 0.0515. The van der Waals surface area contributed by atoms with Gasteiger partial charge in [0.2, 0.25) is 0 Å². The minimum atomic E-state index is -0.313. The van der Waals surface area contributed by atoms with Crippen molar-refractivity contribution in [2.75, 3.05) is 0 Å². The third-order valence-electron chi connectivity index (χ3n) is 3.07. The summed E-state index contributed by atoms with van der Waals surface area (Å²) < 4.78 is 5.20. The van der Waals surface area contributed by atoms with Gasteiger partial charge in [0.15, 0.2) is 5.78 Å². The van der Waals surface area contributed by atoms with E-state index in [2.05, 4.69) is 0 Å². The summed E-state index contributed by atoms with van der Waals surface area (Å²) in [5.41, 5.74) is 1.20. The quantitative estimate of drug-likeness (QED) is 0.347. The van der Waals surface area contributed by atoms with E-state index in [4.69, 9.17) is 4.74 Å². The van der Waals surface area contributed by atoms with Crippen LogP contribution in [0, 0.1) is 0 Å². The second kappa shape index (κ2) is 7.93. The van der Waals surface area contributed by atoms with Gasteiger partial charge in [-0.2, -0.15) is 0 Å². The maximum absolute atomic E-state index is 12.2. The molecule has 0 aliphatic rings. The molecule has 2 rings (SSSR count). The molecular formula is C19H18O3. The van der Waals surface area contributed by atoms with Crippen LogP contribution in [0.4, 0.5) is 0 Å². The van der Waals surface area contributed by atoms with Crippen LogP contribution in [0.1, 0.15) is 35.7 Å². The first-order chi connectivity index (χ1) is 10.7. The van der Waals surface area contributed by atoms with E-state index in [9.17, 15) is 9.59 Å². The molecule has 0 spiro atoms. The summed E-state index contributed by atoms with van der Waals surface area (Å²) in [7, 11) is 0. The summed E-state index contributed by atoms with van der Waals surface area (Å²) in [6.07, 6.45) is 4.85. The summed E-state index contributed by atoms with van der Waals surface area (Å²) in [5, 5.41) is 0. The molecule has 0 saturated carbocycles. The number of carbonyl (C=O) groups excluding carboxylic acids is 2. The third-order valence-corrected chi connectivity index (χ3v) is 3.07. The molecule has 2 aromatic rings. The Labute approximate surface area is 130 Å². The second-order valence-electron chi connectivity index (χ2n) is 4.78. The van der Waals surface area contributed by atoms with E-state index in [0.29, 0.717) is 16.9 Å². The van der Waals surface area contributed by atoms with Crippen LogP contribution in [0.3, 0.4) is 0 Å². The van der Waals surface area contributed by atoms with Gasteiger partial charge in [-0.05, 0) is 30.7 Å². The average molecular weight is 294 g/mol. The number of carbonyl (C=O) groups is 2. The Hall–Kier alpha value is -2.68. The van der Waals surface area contributed by atoms with Gasteiger partial charge in [-0.25, -0.2) is 0 Å². The number of ether oxygens (including phenoxy) is 1. The van der Waals surface area contributed by atoms with Crippen molar-refractivity contribution < 1.29 is 14.3 Å². The molecule has 0 unspecified atom stereocenters. The van der Waals surface area contributed by atoms with Crippen molar-refractivity contribution in [3.63, 3.8) is 0 Å². The molecule has 0 amide bonds. The van der Waals surface area contributed by atoms with Crippen molar-refractivity contribution in [1.29, 1.82) is 0 Å². The van der Waals surface area contributed by atoms with Gasteiger partial charge in [0, 0.05) is 11.1 Å². The van der Waals surface area contributed by atoms with E-state index >= 15 is 0 Å². The fraction of sp³-hybridized carbons (Fsp3) is 0.158. The molecule has 0 bridgehead atoms. The average Bonchev–Trinajstić information content (AvgIpc) is 2.56. The lowest BCUT2D eigenvalue weighted by atomic mass is 10.0. The van der Waals surface area contributed by atoms with E-state index in [1.807, 2.05) is 31.2 Å². The van der Waals surface area contributed by atoms with Crippen molar-refractivity contribution in [2.24, 2.45) is 0 Å². The predicted octanol–water partition coefficient (Wildman–Crippen LogP) is 4.18. The van der Waals surface area contributed by atoms with Crippen LogP contribution in [-0.4, -0.2) is 11.8 Å². The molecule has 0 aliphatic carbocycles. The van der Waals surface area contributed by atoms with Crippen molar-refractivity contribution in [1.82, 2.24) is 0 Å². The van der Waals surface area contributed by atoms with Crippen LogP contribution in [0.2, 0.25) is 0 Å². The summed E-state index contributed by atoms with van der Waals surface area (Å²) in [6.45, 7) is 2.00. The maximum Gasteiger partial charge on any atom is 0.315 e. The van der Waals surface area contributed by atoms with Gasteiger partial charge in [0.1, 0.15) is 5.75 Å². The molecule has 0 heterocycles. The smallest absolute Gasteiger partial charge is 0.315 e. The topological polar surface area (TPSA) is 43.4 Å². The minimum Gasteiger partial charge on any atom is -0.426 e. The fourth-order valence-corrected chi connectivity index (χ4v) is 1.95. The molecule has 0 atom stereocenters. The van der Waals surface area contributed by atoms with Gasteiger partial charge in [-0.15, -0.1) is 0 Å². The number of hydrogen-bond donors (Lipinski definition) is 0. The molecule has 22 heavy (non-hydrogen) atoms. The largest absolute Gasteiger partial charge is 0.426 e. The Balaban J connectivity index is 2.00. The third kappa shape index (κ3) is 4.42. The van der Waals surface area contributed by atoms with E-state index in [1.54, 1.807) is 42.5 Å². The zero-order valence-corrected chi connectivity index (χ0v) is 12.5. The fourth-order valence-electron chi connectivity index (χ4n) is 1.95. The lowest BCUT2D eigenvalue weighted by Crippen LogP contribution is -2.06. The molecule has 2 aromatic carbocycles. The van der Waals surface area contributed by atoms with Gasteiger partial charge in [0.25, 0.3) is 0 Å². The summed E-state index contributed by atoms with van der Waals surface area (Å²) in [6, 6.07) is 15.7. The Morgan fingerprint density at radius 3 is 2.18 bits per heavy atom. The highest BCUT2D eigenvalue weighted by atomic mass is 16.5. The monoisotopic (exact) mass is 294 g/mol. The van der Waals surface area contributed by atoms with Crippen LogP contribution in [-0.2, 0) is 4.79 Å². The summed E-state index contributed by atoms with van der Waals surface area (Å²) in [5.74, 6) is 0.0794. The zero-order chi connectivity index (χ0) is 15.8. The molecular weight excluding hydrogens is 276 g/mol. The van der Waals surface area contributed by atoms with Crippen LogP contribution >= 0.6 is 0 Å². The van der Waals surface area contributed by atoms with Crippen LogP contribution in [0.15, 0.2) is 66.7 Å². The standard InChI is InChI=1S/C19H18O3/c1-2-3-5-10-18(20)22-17-13-11-16(12-14-17)19(21)15-8-6-4-7-9-15/h3-9,11-14H,2,10H2,1H3/b5-3+. The highest BCUT2D eigenvalue weighted by molar-refractivity contribution is 6.09. The summed E-state index contributed by atoms with van der Waals surface area (Å²) in [4.78, 5) is 23.8. The Morgan fingerprint density at radius 1 is 0.909 bits per heavy atom. The van der Waals surface area contributed by atoms with E-state index in [0.717, 1.165) is 6.42 Å². The number of rotatable bonds is 6. The molecule has 0 saturated heterocycles. The first kappa shape index (κ1) is 15.7. The Morgan fingerprint density at radius 2 is 1.55 bits per heavy atom. The lowest BCUT2D eigenvalue weighted by Gasteiger charge is -2.04. The van der Waals surface area contributed by atoms with Crippen LogP contribution < -0.4 is 4.74 Å². The number of benzene rings is 2. The highest BCUT2D eigenvalue weighted by Gasteiger charge is 2.09. The van der Waals surface area contributed by atoms with Gasteiger partial charge < -0.3 is 4.74 Å². The normalized spacial score (nSPS) is 10.6. The Bertz CT molecular complexity index is 655. The maximum atomic E-state index is 12.2. The SMILES string of the molecule is CC/C=C/CC(=O)Oc1ccc(C(=O)c2ccccc2)cc1. The molecule has 0 aromatic heterocycles. The van der Waals surface area contributed by atoms with E-state index in [-0.39, 0.29) is 18.2 Å². The van der Waals surface area contributed by atoms with Crippen molar-refractivity contribution in [3.05, 3.63) is 77.9 Å². The van der Waals surface area contributed by atoms with Gasteiger partial charge in [-0.1, -0.05) is 49.4 Å². The van der Waals surface area contributed by atoms with Gasteiger partial charge in [0.05, 0.1) is 6.42 Å². The van der Waals surface area contributed by atoms with Crippen molar-refractivity contribution >= 4 is 11.8 Å². The summed E-state index contributed by atoms with van der Waals surface area (Å²) >= 11 is 0. The second-order valence-corrected chi connectivity index (χ2v) is 4.78. The molecule has 3 nitrogen and oxygen atoms in total. The van der Waals surface area contributed by atoms with E-state index < -0.39 is 0 Å². The molecule has 0 N–H and O–H groups in total. The molecule has 0 radical (unpaired) electrons. The number of allylic oxidation sites excluding steroid dienone is 1. The highest BCUT2D eigenvalue weighted by Crippen LogP contribution is 2.16. The van der Waals surface area contributed by atoms with Gasteiger partial charge in [-0.3, -0.25) is 9.59 Å². The number of ketones is 1. The lowest BCUT2D eigenvalue weighted by molar-refractivity contribution is -0.133. The van der Waals surface area contributed by atoms with Crippen molar-refractivity contribution in [3.8, 4) is 5.75 Å². The first-order valence-corrected chi connectivity index (χ1v) is 7.26. The molecule has 112 valence electrons. The van der Waals surface area contributed by atoms with E-state index in [1.165, 1.54) is 0 Å². The molecule has 0 fully saturated rings. The molecule has 0 aliphatic heterocycles.